The maximum Gasteiger partial charge on any atom is 0.246 e. The predicted octanol–water partition coefficient (Wildman–Crippen LogP) is 5.48. The van der Waals surface area contributed by atoms with Gasteiger partial charge in [-0.15, -0.1) is 0 Å². The second-order valence-electron chi connectivity index (χ2n) is 11.0. The molecule has 0 spiro atoms. The molecule has 0 radical (unpaired) electrons. The number of hydrogen-bond donors (Lipinski definition) is 1. The quantitative estimate of drug-likeness (QED) is 0.298. The molecule has 0 unspecified atom stereocenters. The topological polar surface area (TPSA) is 93.2 Å². The standard InChI is InChI=1S/C34H33N7O/c35-32-28(9-6-19-36-32)33-38-30-16-15-29(25-7-2-1-3-8-25)37-34(30)41(33)27-13-11-24(12-14-27)23-39-21-17-26(18-22-39)40-20-5-4-10-31(40)42/h1-4,6-16,19,26H,5,17-18,20-23H2,(H2,35,36). The average molecular weight is 556 g/mol. The van der Waals surface area contributed by atoms with Crippen LogP contribution in [0.5, 0.6) is 0 Å². The lowest BCUT2D eigenvalue weighted by atomic mass is 10.0. The molecular weight excluding hydrogens is 522 g/mol. The van der Waals surface area contributed by atoms with Crippen molar-refractivity contribution in [3.05, 3.63) is 103 Å². The molecule has 5 heterocycles. The minimum absolute atomic E-state index is 0.167. The van der Waals surface area contributed by atoms with Crippen LogP contribution < -0.4 is 5.73 Å². The van der Waals surface area contributed by atoms with Crippen LogP contribution in [0, 0.1) is 0 Å². The van der Waals surface area contributed by atoms with E-state index >= 15 is 0 Å². The molecule has 0 atom stereocenters. The highest BCUT2D eigenvalue weighted by Gasteiger charge is 2.28. The van der Waals surface area contributed by atoms with Crippen molar-refractivity contribution in [3.63, 3.8) is 0 Å². The molecular formula is C34H33N7O. The normalized spacial score (nSPS) is 16.4. The number of imidazole rings is 1. The summed E-state index contributed by atoms with van der Waals surface area (Å²) in [6.07, 6.45) is 8.40. The zero-order valence-corrected chi connectivity index (χ0v) is 23.4. The van der Waals surface area contributed by atoms with Gasteiger partial charge in [0.25, 0.3) is 0 Å². The Labute approximate surface area is 245 Å². The average Bonchev–Trinajstić information content (AvgIpc) is 3.41. The highest BCUT2D eigenvalue weighted by atomic mass is 16.2. The molecule has 8 nitrogen and oxygen atoms in total. The maximum atomic E-state index is 12.3. The summed E-state index contributed by atoms with van der Waals surface area (Å²) < 4.78 is 2.08. The van der Waals surface area contributed by atoms with Gasteiger partial charge in [0.05, 0.1) is 11.3 Å². The molecule has 1 fully saturated rings. The van der Waals surface area contributed by atoms with Gasteiger partial charge in [-0.1, -0.05) is 48.5 Å². The number of carbonyl (C=O) groups is 1. The monoisotopic (exact) mass is 555 g/mol. The largest absolute Gasteiger partial charge is 0.383 e. The number of nitrogens with zero attached hydrogens (tertiary/aromatic N) is 6. The highest BCUT2D eigenvalue weighted by Crippen LogP contribution is 2.32. The second kappa shape index (κ2) is 11.2. The van der Waals surface area contributed by atoms with E-state index in [1.807, 2.05) is 48.5 Å². The Kier molecular flexibility index (Phi) is 6.97. The first-order valence-electron chi connectivity index (χ1n) is 14.6. The fourth-order valence-corrected chi connectivity index (χ4v) is 6.12. The Bertz CT molecular complexity index is 1750. The van der Waals surface area contributed by atoms with Gasteiger partial charge in [-0.05, 0) is 67.3 Å². The number of hydrogen-bond acceptors (Lipinski definition) is 6. The molecule has 2 aliphatic rings. The Morgan fingerprint density at radius 2 is 1.67 bits per heavy atom. The summed E-state index contributed by atoms with van der Waals surface area (Å²) in [6, 6.07) is 27.0. The van der Waals surface area contributed by atoms with Crippen LogP contribution in [0.15, 0.2) is 97.2 Å². The summed E-state index contributed by atoms with van der Waals surface area (Å²) in [6.45, 7) is 3.70. The van der Waals surface area contributed by atoms with Gasteiger partial charge in [0.1, 0.15) is 11.3 Å². The van der Waals surface area contributed by atoms with Crippen LogP contribution in [0.1, 0.15) is 24.8 Å². The Balaban J connectivity index is 1.17. The molecule has 210 valence electrons. The van der Waals surface area contributed by atoms with Crippen molar-refractivity contribution >= 4 is 22.9 Å². The van der Waals surface area contributed by atoms with E-state index < -0.39 is 0 Å². The second-order valence-corrected chi connectivity index (χ2v) is 11.0. The van der Waals surface area contributed by atoms with E-state index in [9.17, 15) is 4.79 Å². The number of nitrogens with two attached hydrogens (primary N) is 1. The third-order valence-electron chi connectivity index (χ3n) is 8.33. The molecule has 3 aromatic heterocycles. The molecule has 0 saturated carbocycles. The first-order chi connectivity index (χ1) is 20.6. The van der Waals surface area contributed by atoms with Crippen molar-refractivity contribution in [1.82, 2.24) is 29.3 Å². The maximum absolute atomic E-state index is 12.3. The van der Waals surface area contributed by atoms with Crippen LogP contribution in [0.4, 0.5) is 5.82 Å². The molecule has 0 bridgehead atoms. The smallest absolute Gasteiger partial charge is 0.246 e. The number of amides is 1. The van der Waals surface area contributed by atoms with Crippen molar-refractivity contribution in [2.24, 2.45) is 0 Å². The number of likely N-dealkylation sites (tertiary alicyclic amines) is 1. The molecule has 7 rings (SSSR count). The summed E-state index contributed by atoms with van der Waals surface area (Å²) in [4.78, 5) is 31.2. The van der Waals surface area contributed by atoms with E-state index in [1.165, 1.54) is 5.56 Å². The number of benzene rings is 2. The van der Waals surface area contributed by atoms with Gasteiger partial charge < -0.3 is 10.6 Å². The van der Waals surface area contributed by atoms with Gasteiger partial charge in [-0.2, -0.15) is 0 Å². The predicted molar refractivity (Wildman–Crippen MR) is 166 cm³/mol. The van der Waals surface area contributed by atoms with E-state index in [0.717, 1.165) is 79.1 Å². The first kappa shape index (κ1) is 26.1. The molecule has 8 heteroatoms. The Morgan fingerprint density at radius 3 is 2.43 bits per heavy atom. The van der Waals surface area contributed by atoms with E-state index in [4.69, 9.17) is 15.7 Å². The Hall–Kier alpha value is -4.82. The fraction of sp³-hybridized carbons (Fsp3) is 0.235. The molecule has 42 heavy (non-hydrogen) atoms. The van der Waals surface area contributed by atoms with Crippen molar-refractivity contribution in [2.75, 3.05) is 25.4 Å². The number of pyridine rings is 2. The van der Waals surface area contributed by atoms with E-state index in [0.29, 0.717) is 17.7 Å². The summed E-state index contributed by atoms with van der Waals surface area (Å²) in [5.74, 6) is 1.31. The molecule has 1 amide bonds. The zero-order valence-electron chi connectivity index (χ0n) is 23.4. The van der Waals surface area contributed by atoms with E-state index in [-0.39, 0.29) is 5.91 Å². The van der Waals surface area contributed by atoms with Gasteiger partial charge in [0, 0.05) is 49.7 Å². The van der Waals surface area contributed by atoms with Crippen molar-refractivity contribution in [1.29, 1.82) is 0 Å². The first-order valence-corrected chi connectivity index (χ1v) is 14.6. The highest BCUT2D eigenvalue weighted by molar-refractivity contribution is 5.88. The SMILES string of the molecule is Nc1ncccc1-c1nc2ccc(-c3ccccc3)nc2n1-c1ccc(CN2CCC(N3CCC=CC3=O)CC2)cc1. The van der Waals surface area contributed by atoms with Crippen molar-refractivity contribution in [2.45, 2.75) is 31.8 Å². The zero-order chi connectivity index (χ0) is 28.5. The summed E-state index contributed by atoms with van der Waals surface area (Å²) in [7, 11) is 0. The minimum Gasteiger partial charge on any atom is -0.383 e. The van der Waals surface area contributed by atoms with Gasteiger partial charge in [0.2, 0.25) is 5.91 Å². The molecule has 1 saturated heterocycles. The lowest BCUT2D eigenvalue weighted by Gasteiger charge is -2.39. The van der Waals surface area contributed by atoms with E-state index in [2.05, 4.69) is 55.7 Å². The molecule has 0 aliphatic carbocycles. The summed E-state index contributed by atoms with van der Waals surface area (Å²) >= 11 is 0. The Morgan fingerprint density at radius 1 is 0.857 bits per heavy atom. The van der Waals surface area contributed by atoms with Crippen LogP contribution in [-0.4, -0.2) is 60.9 Å². The number of rotatable bonds is 6. The lowest BCUT2D eigenvalue weighted by Crippen LogP contribution is -2.47. The molecule has 5 aromatic rings. The number of fused-ring (bicyclic) bond motifs is 1. The van der Waals surface area contributed by atoms with Crippen molar-refractivity contribution < 1.29 is 4.79 Å². The van der Waals surface area contributed by atoms with E-state index in [1.54, 1.807) is 12.3 Å². The number of aromatic nitrogens is 4. The molecule has 2 aromatic carbocycles. The van der Waals surface area contributed by atoms with Crippen molar-refractivity contribution in [3.8, 4) is 28.3 Å². The lowest BCUT2D eigenvalue weighted by molar-refractivity contribution is -0.129. The molecule has 2 N–H and O–H groups in total. The summed E-state index contributed by atoms with van der Waals surface area (Å²) in [5.41, 5.74) is 12.8. The van der Waals surface area contributed by atoms with Crippen LogP contribution >= 0.6 is 0 Å². The minimum atomic E-state index is 0.167. The van der Waals surface area contributed by atoms with Gasteiger partial charge in [-0.25, -0.2) is 15.0 Å². The van der Waals surface area contributed by atoms with Gasteiger partial charge in [0.15, 0.2) is 11.5 Å². The number of carbonyl (C=O) groups excluding carboxylic acids is 1. The van der Waals surface area contributed by atoms with Crippen LogP contribution in [0.25, 0.3) is 39.5 Å². The van der Waals surface area contributed by atoms with Gasteiger partial charge in [-0.3, -0.25) is 14.3 Å². The van der Waals surface area contributed by atoms with Crippen LogP contribution in [0.2, 0.25) is 0 Å². The summed E-state index contributed by atoms with van der Waals surface area (Å²) in [5, 5.41) is 0. The van der Waals surface area contributed by atoms with Crippen LogP contribution in [-0.2, 0) is 11.3 Å². The molecule has 2 aliphatic heterocycles. The van der Waals surface area contributed by atoms with Crippen LogP contribution in [0.3, 0.4) is 0 Å². The van der Waals surface area contributed by atoms with Gasteiger partial charge >= 0.3 is 0 Å². The number of nitrogen functional groups attached to an aromatic ring is 1. The third kappa shape index (κ3) is 5.05. The number of anilines is 1. The number of piperidine rings is 1. The fourth-order valence-electron chi connectivity index (χ4n) is 6.12. The third-order valence-corrected chi connectivity index (χ3v) is 8.33.